The van der Waals surface area contributed by atoms with Crippen molar-refractivity contribution in [2.24, 2.45) is 0 Å². The van der Waals surface area contributed by atoms with Crippen LogP contribution in [0, 0.1) is 0 Å². The van der Waals surface area contributed by atoms with Gasteiger partial charge in [-0.05, 0) is 35.9 Å². The summed E-state index contributed by atoms with van der Waals surface area (Å²) in [5, 5.41) is 0. The van der Waals surface area contributed by atoms with Crippen LogP contribution in [0.1, 0.15) is 27.3 Å². The van der Waals surface area contributed by atoms with Gasteiger partial charge in [0.2, 0.25) is 0 Å². The predicted octanol–water partition coefficient (Wildman–Crippen LogP) is 4.78. The summed E-state index contributed by atoms with van der Waals surface area (Å²) >= 11 is 3.48. The number of esters is 1. The molecule has 136 valence electrons. The van der Waals surface area contributed by atoms with E-state index in [-0.39, 0.29) is 5.69 Å². The van der Waals surface area contributed by atoms with Crippen molar-refractivity contribution in [1.82, 2.24) is 9.97 Å². The highest BCUT2D eigenvalue weighted by atomic mass is 79.9. The summed E-state index contributed by atoms with van der Waals surface area (Å²) in [7, 11) is 1.31. The van der Waals surface area contributed by atoms with Crippen molar-refractivity contribution in [3.05, 3.63) is 87.9 Å². The summed E-state index contributed by atoms with van der Waals surface area (Å²) in [6.45, 7) is 0.483. The zero-order valence-electron chi connectivity index (χ0n) is 14.6. The monoisotopic (exact) mass is 424 g/mol. The summed E-state index contributed by atoms with van der Waals surface area (Å²) in [6, 6.07) is 15.8. The molecule has 0 spiro atoms. The van der Waals surface area contributed by atoms with Crippen LogP contribution in [0.25, 0.3) is 12.2 Å². The van der Waals surface area contributed by atoms with Gasteiger partial charge in [-0.2, -0.15) is 0 Å². The van der Waals surface area contributed by atoms with Crippen molar-refractivity contribution >= 4 is 34.1 Å². The quantitative estimate of drug-likeness (QED) is 0.533. The Morgan fingerprint density at radius 1 is 1.07 bits per heavy atom. The van der Waals surface area contributed by atoms with Crippen LogP contribution in [0.2, 0.25) is 0 Å². The number of hydrogen-bond acceptors (Lipinski definition) is 5. The Labute approximate surface area is 165 Å². The number of aromatic nitrogens is 2. The first-order valence-corrected chi connectivity index (χ1v) is 9.00. The molecule has 1 aromatic heterocycles. The van der Waals surface area contributed by atoms with E-state index in [4.69, 9.17) is 4.74 Å². The van der Waals surface area contributed by atoms with Crippen LogP contribution >= 0.6 is 15.9 Å². The van der Waals surface area contributed by atoms with Crippen LogP contribution in [0.4, 0.5) is 0 Å². The van der Waals surface area contributed by atoms with Crippen molar-refractivity contribution in [2.45, 2.75) is 6.61 Å². The molecule has 0 aliphatic carbocycles. The first-order chi connectivity index (χ1) is 13.2. The maximum absolute atomic E-state index is 11.4. The number of rotatable bonds is 6. The van der Waals surface area contributed by atoms with E-state index in [1.807, 2.05) is 60.7 Å². The summed E-state index contributed by atoms with van der Waals surface area (Å²) in [5.41, 5.74) is 2.79. The lowest BCUT2D eigenvalue weighted by Crippen LogP contribution is -2.04. The van der Waals surface area contributed by atoms with Gasteiger partial charge in [-0.1, -0.05) is 46.3 Å². The summed E-state index contributed by atoms with van der Waals surface area (Å²) in [5.74, 6) is 0.249. The number of ether oxygens (including phenoxy) is 2. The molecule has 27 heavy (non-hydrogen) atoms. The maximum Gasteiger partial charge on any atom is 0.358 e. The molecule has 0 radical (unpaired) electrons. The Bertz CT molecular complexity index is 941. The third kappa shape index (κ3) is 5.24. The molecular formula is C21H17BrN2O3. The van der Waals surface area contributed by atoms with E-state index in [1.54, 1.807) is 0 Å². The topological polar surface area (TPSA) is 61.3 Å². The third-order valence-electron chi connectivity index (χ3n) is 3.71. The van der Waals surface area contributed by atoms with Crippen LogP contribution in [0.3, 0.4) is 0 Å². The second-order valence-corrected chi connectivity index (χ2v) is 6.52. The lowest BCUT2D eigenvalue weighted by molar-refractivity contribution is 0.0593. The average Bonchev–Trinajstić information content (AvgIpc) is 2.72. The van der Waals surface area contributed by atoms with Gasteiger partial charge in [-0.25, -0.2) is 9.78 Å². The average molecular weight is 425 g/mol. The number of benzene rings is 2. The molecule has 2 aromatic carbocycles. The second-order valence-electron chi connectivity index (χ2n) is 5.61. The lowest BCUT2D eigenvalue weighted by Gasteiger charge is -2.10. The highest BCUT2D eigenvalue weighted by molar-refractivity contribution is 9.10. The molecule has 1 heterocycles. The number of halogens is 1. The number of hydrogen-bond donors (Lipinski definition) is 0. The molecule has 3 aromatic rings. The fraction of sp³-hybridized carbons (Fsp3) is 0.0952. The highest BCUT2D eigenvalue weighted by Gasteiger charge is 2.07. The number of nitrogens with zero attached hydrogens (tertiary/aromatic N) is 2. The fourth-order valence-electron chi connectivity index (χ4n) is 2.33. The molecule has 6 heteroatoms. The Morgan fingerprint density at radius 3 is 2.59 bits per heavy atom. The first-order valence-electron chi connectivity index (χ1n) is 8.20. The zero-order valence-corrected chi connectivity index (χ0v) is 16.2. The molecular weight excluding hydrogens is 408 g/mol. The van der Waals surface area contributed by atoms with Crippen molar-refractivity contribution in [3.63, 3.8) is 0 Å². The highest BCUT2D eigenvalue weighted by Crippen LogP contribution is 2.26. The Balaban J connectivity index is 1.76. The van der Waals surface area contributed by atoms with Gasteiger partial charge in [-0.15, -0.1) is 0 Å². The van der Waals surface area contributed by atoms with Gasteiger partial charge in [0.05, 0.1) is 25.2 Å². The van der Waals surface area contributed by atoms with Crippen LogP contribution in [0.5, 0.6) is 5.75 Å². The summed E-state index contributed by atoms with van der Waals surface area (Å²) in [4.78, 5) is 19.7. The van der Waals surface area contributed by atoms with Crippen molar-refractivity contribution < 1.29 is 14.3 Å². The van der Waals surface area contributed by atoms with Gasteiger partial charge >= 0.3 is 5.97 Å². The van der Waals surface area contributed by atoms with Crippen molar-refractivity contribution in [1.29, 1.82) is 0 Å². The minimum Gasteiger partial charge on any atom is -0.488 e. The molecule has 0 aliphatic rings. The predicted molar refractivity (Wildman–Crippen MR) is 107 cm³/mol. The fourth-order valence-corrected chi connectivity index (χ4v) is 2.70. The minimum atomic E-state index is -0.512. The van der Waals surface area contributed by atoms with Crippen LogP contribution in [-0.2, 0) is 11.3 Å². The largest absolute Gasteiger partial charge is 0.488 e. The van der Waals surface area contributed by atoms with Crippen LogP contribution in [0.15, 0.2) is 65.4 Å². The van der Waals surface area contributed by atoms with Crippen LogP contribution in [-0.4, -0.2) is 23.0 Å². The summed E-state index contributed by atoms with van der Waals surface area (Å²) < 4.78 is 11.5. The van der Waals surface area contributed by atoms with Gasteiger partial charge in [0.1, 0.15) is 12.4 Å². The standard InChI is InChI=1S/C21H17BrN2O3/c1-26-21(25)19-13-23-18(12-24-19)9-7-16-11-17(22)8-10-20(16)27-14-15-5-3-2-4-6-15/h2-13H,14H2,1H3. The van der Waals surface area contributed by atoms with Gasteiger partial charge in [0.25, 0.3) is 0 Å². The lowest BCUT2D eigenvalue weighted by atomic mass is 10.1. The third-order valence-corrected chi connectivity index (χ3v) is 4.20. The van der Waals surface area contributed by atoms with E-state index >= 15 is 0 Å². The molecule has 3 rings (SSSR count). The Kier molecular flexibility index (Phi) is 6.33. The minimum absolute atomic E-state index is 0.170. The van der Waals surface area contributed by atoms with Gasteiger partial charge in [0.15, 0.2) is 5.69 Å². The molecule has 0 saturated heterocycles. The number of carbonyl (C=O) groups is 1. The van der Waals surface area contributed by atoms with Crippen LogP contribution < -0.4 is 4.74 Å². The second kappa shape index (κ2) is 9.09. The molecule has 0 bridgehead atoms. The van der Waals surface area contributed by atoms with E-state index in [0.29, 0.717) is 12.3 Å². The van der Waals surface area contributed by atoms with Crippen molar-refractivity contribution in [2.75, 3.05) is 7.11 Å². The van der Waals surface area contributed by atoms with E-state index < -0.39 is 5.97 Å². The zero-order chi connectivity index (χ0) is 19.1. The molecule has 0 N–H and O–H groups in total. The smallest absolute Gasteiger partial charge is 0.358 e. The molecule has 0 atom stereocenters. The van der Waals surface area contributed by atoms with Gasteiger partial charge in [-0.3, -0.25) is 4.98 Å². The SMILES string of the molecule is COC(=O)c1cnc(C=Cc2cc(Br)ccc2OCc2ccccc2)cn1. The van der Waals surface area contributed by atoms with Gasteiger partial charge in [0, 0.05) is 10.0 Å². The molecule has 0 amide bonds. The molecule has 0 unspecified atom stereocenters. The van der Waals surface area contributed by atoms with Crippen molar-refractivity contribution in [3.8, 4) is 5.75 Å². The van der Waals surface area contributed by atoms with E-state index in [9.17, 15) is 4.79 Å². The van der Waals surface area contributed by atoms with E-state index in [2.05, 4.69) is 30.6 Å². The Hall–Kier alpha value is -2.99. The molecule has 0 aliphatic heterocycles. The van der Waals surface area contributed by atoms with Gasteiger partial charge < -0.3 is 9.47 Å². The normalized spacial score (nSPS) is 10.7. The maximum atomic E-state index is 11.4. The Morgan fingerprint density at radius 2 is 1.89 bits per heavy atom. The van der Waals surface area contributed by atoms with E-state index in [1.165, 1.54) is 19.5 Å². The first kappa shape index (κ1) is 18.8. The molecule has 5 nitrogen and oxygen atoms in total. The van der Waals surface area contributed by atoms with E-state index in [0.717, 1.165) is 21.3 Å². The summed E-state index contributed by atoms with van der Waals surface area (Å²) in [6.07, 6.45) is 6.61. The number of methoxy groups -OCH3 is 1. The molecule has 0 saturated carbocycles. The number of carbonyl (C=O) groups excluding carboxylic acids is 1. The molecule has 0 fully saturated rings.